The Labute approximate surface area is 177 Å². The summed E-state index contributed by atoms with van der Waals surface area (Å²) in [6, 6.07) is 6.37. The van der Waals surface area contributed by atoms with E-state index in [1.807, 2.05) is 0 Å². The molecule has 1 aromatic carbocycles. The minimum absolute atomic E-state index is 0.161. The van der Waals surface area contributed by atoms with Crippen LogP contribution in [-0.2, 0) is 15.9 Å². The molecule has 5 rings (SSSR count). The van der Waals surface area contributed by atoms with Crippen molar-refractivity contribution in [1.29, 1.82) is 0 Å². The first-order valence-corrected chi connectivity index (χ1v) is 10.4. The molecule has 2 fully saturated rings. The van der Waals surface area contributed by atoms with Gasteiger partial charge < -0.3 is 25.0 Å². The van der Waals surface area contributed by atoms with E-state index in [2.05, 4.69) is 20.3 Å². The molecule has 9 nitrogen and oxygen atoms in total. The zero-order valence-corrected chi connectivity index (χ0v) is 16.8. The standard InChI is InChI=1S/C21H24FN5O4/c22-13-4-1-12(2-5-13)3-6-15-17(28)18(29)21(31-15)27-11-25-16-19(23-10-24-20(16)27)26-14-7-8-30-9-14/h1-2,4-5,10-11,14-15,17-18,21,28-29H,3,6-9H2,(H,23,24,26)/t14?,15-,17-,18-,21-/m1/s1. The fourth-order valence-corrected chi connectivity index (χ4v) is 4.14. The quantitative estimate of drug-likeness (QED) is 0.539. The maximum atomic E-state index is 13.1. The topological polar surface area (TPSA) is 115 Å². The molecule has 0 aliphatic carbocycles. The first-order chi connectivity index (χ1) is 15.1. The van der Waals surface area contributed by atoms with Crippen LogP contribution in [0.15, 0.2) is 36.9 Å². The van der Waals surface area contributed by atoms with Crippen molar-refractivity contribution in [3.05, 3.63) is 48.3 Å². The average Bonchev–Trinajstić information content (AvgIpc) is 3.50. The summed E-state index contributed by atoms with van der Waals surface area (Å²) in [6.45, 7) is 1.32. The van der Waals surface area contributed by atoms with Crippen LogP contribution in [0.3, 0.4) is 0 Å². The van der Waals surface area contributed by atoms with Crippen molar-refractivity contribution >= 4 is 17.0 Å². The highest BCUT2D eigenvalue weighted by molar-refractivity contribution is 5.82. The molecule has 2 saturated heterocycles. The van der Waals surface area contributed by atoms with Crippen LogP contribution in [0.4, 0.5) is 10.2 Å². The number of nitrogens with zero attached hydrogens (tertiary/aromatic N) is 4. The van der Waals surface area contributed by atoms with Gasteiger partial charge in [0.05, 0.1) is 25.1 Å². The number of anilines is 1. The molecular formula is C21H24FN5O4. The molecule has 0 amide bonds. The Morgan fingerprint density at radius 2 is 1.97 bits per heavy atom. The lowest BCUT2D eigenvalue weighted by molar-refractivity contribution is -0.0367. The van der Waals surface area contributed by atoms with Gasteiger partial charge in [-0.1, -0.05) is 12.1 Å². The summed E-state index contributed by atoms with van der Waals surface area (Å²) in [7, 11) is 0. The van der Waals surface area contributed by atoms with Crippen LogP contribution >= 0.6 is 0 Å². The summed E-state index contributed by atoms with van der Waals surface area (Å²) < 4.78 is 26.1. The van der Waals surface area contributed by atoms with Crippen LogP contribution in [0.1, 0.15) is 24.6 Å². The van der Waals surface area contributed by atoms with Crippen molar-refractivity contribution in [3.8, 4) is 0 Å². The van der Waals surface area contributed by atoms with Gasteiger partial charge in [-0.05, 0) is 37.0 Å². The number of halogens is 1. The number of aromatic nitrogens is 4. The van der Waals surface area contributed by atoms with Crippen LogP contribution in [0.25, 0.3) is 11.2 Å². The second-order valence-corrected chi connectivity index (χ2v) is 7.96. The molecule has 0 bridgehead atoms. The Morgan fingerprint density at radius 3 is 2.74 bits per heavy atom. The van der Waals surface area contributed by atoms with Gasteiger partial charge >= 0.3 is 0 Å². The summed E-state index contributed by atoms with van der Waals surface area (Å²) in [5, 5.41) is 24.5. The van der Waals surface area contributed by atoms with E-state index in [4.69, 9.17) is 9.47 Å². The number of hydrogen-bond acceptors (Lipinski definition) is 8. The van der Waals surface area contributed by atoms with Gasteiger partial charge in [-0.15, -0.1) is 0 Å². The zero-order chi connectivity index (χ0) is 21.4. The molecule has 3 N–H and O–H groups in total. The van der Waals surface area contributed by atoms with E-state index in [1.165, 1.54) is 18.5 Å². The van der Waals surface area contributed by atoms with Crippen LogP contribution in [0.5, 0.6) is 0 Å². The van der Waals surface area contributed by atoms with Gasteiger partial charge in [0.2, 0.25) is 0 Å². The molecule has 4 heterocycles. The second-order valence-electron chi connectivity index (χ2n) is 7.96. The third-order valence-corrected chi connectivity index (χ3v) is 5.87. The summed E-state index contributed by atoms with van der Waals surface area (Å²) in [4.78, 5) is 13.0. The van der Waals surface area contributed by atoms with Gasteiger partial charge in [-0.2, -0.15) is 0 Å². The number of aliphatic hydroxyl groups excluding tert-OH is 2. The number of aliphatic hydroxyl groups is 2. The first-order valence-electron chi connectivity index (χ1n) is 10.4. The minimum Gasteiger partial charge on any atom is -0.388 e. The largest absolute Gasteiger partial charge is 0.388 e. The Balaban J connectivity index is 1.33. The first kappa shape index (κ1) is 20.3. The molecule has 0 spiro atoms. The van der Waals surface area contributed by atoms with Gasteiger partial charge in [0.15, 0.2) is 23.2 Å². The van der Waals surface area contributed by atoms with Crippen LogP contribution in [-0.4, -0.2) is 67.3 Å². The Bertz CT molecular complexity index is 1040. The minimum atomic E-state index is -1.13. The van der Waals surface area contributed by atoms with Gasteiger partial charge in [0, 0.05) is 6.61 Å². The van der Waals surface area contributed by atoms with E-state index in [9.17, 15) is 14.6 Å². The Hall–Kier alpha value is -2.66. The molecule has 5 atom stereocenters. The van der Waals surface area contributed by atoms with E-state index in [-0.39, 0.29) is 11.9 Å². The summed E-state index contributed by atoms with van der Waals surface area (Å²) in [5.74, 6) is 0.305. The van der Waals surface area contributed by atoms with Gasteiger partial charge in [-0.3, -0.25) is 4.57 Å². The molecule has 0 saturated carbocycles. The molecular weight excluding hydrogens is 405 g/mol. The zero-order valence-electron chi connectivity index (χ0n) is 16.8. The molecule has 2 aliphatic heterocycles. The highest BCUT2D eigenvalue weighted by Gasteiger charge is 2.44. The van der Waals surface area contributed by atoms with Gasteiger partial charge in [0.25, 0.3) is 0 Å². The molecule has 2 aliphatic rings. The summed E-state index contributed by atoms with van der Waals surface area (Å²) in [6.07, 6.45) is 1.35. The SMILES string of the molecule is O[C@@H]1[C@H](O)[C@@H](CCc2ccc(F)cc2)O[C@H]1n1cnc2c(NC3CCOC3)ncnc21. The number of benzene rings is 1. The molecule has 1 unspecified atom stereocenters. The molecule has 2 aromatic heterocycles. The van der Waals surface area contributed by atoms with E-state index >= 15 is 0 Å². The number of ether oxygens (including phenoxy) is 2. The monoisotopic (exact) mass is 429 g/mol. The number of fused-ring (bicyclic) bond motifs is 1. The van der Waals surface area contributed by atoms with Crippen molar-refractivity contribution in [1.82, 2.24) is 19.5 Å². The highest BCUT2D eigenvalue weighted by atomic mass is 19.1. The van der Waals surface area contributed by atoms with E-state index in [0.29, 0.717) is 43.0 Å². The number of nitrogens with one attached hydrogen (secondary N) is 1. The van der Waals surface area contributed by atoms with Gasteiger partial charge in [0.1, 0.15) is 24.4 Å². The van der Waals surface area contributed by atoms with E-state index in [0.717, 1.165) is 12.0 Å². The predicted octanol–water partition coefficient (Wildman–Crippen LogP) is 1.42. The molecule has 10 heteroatoms. The third kappa shape index (κ3) is 3.99. The fourth-order valence-electron chi connectivity index (χ4n) is 4.14. The van der Waals surface area contributed by atoms with Crippen molar-refractivity contribution in [2.24, 2.45) is 0 Å². The molecule has 3 aromatic rings. The predicted molar refractivity (Wildman–Crippen MR) is 109 cm³/mol. The molecule has 164 valence electrons. The maximum absolute atomic E-state index is 13.1. The summed E-state index contributed by atoms with van der Waals surface area (Å²) in [5.41, 5.74) is 2.00. The Morgan fingerprint density at radius 1 is 1.13 bits per heavy atom. The van der Waals surface area contributed by atoms with Crippen LogP contribution < -0.4 is 5.32 Å². The number of hydrogen-bond donors (Lipinski definition) is 3. The number of aryl methyl sites for hydroxylation is 1. The fraction of sp³-hybridized carbons (Fsp3) is 0.476. The molecule has 31 heavy (non-hydrogen) atoms. The Kier molecular flexibility index (Phi) is 5.53. The number of imidazole rings is 1. The highest BCUT2D eigenvalue weighted by Crippen LogP contribution is 2.34. The third-order valence-electron chi connectivity index (χ3n) is 5.87. The van der Waals surface area contributed by atoms with E-state index in [1.54, 1.807) is 23.0 Å². The smallest absolute Gasteiger partial charge is 0.167 e. The summed E-state index contributed by atoms with van der Waals surface area (Å²) >= 11 is 0. The van der Waals surface area contributed by atoms with Crippen LogP contribution in [0, 0.1) is 5.82 Å². The second kappa shape index (κ2) is 8.46. The lowest BCUT2D eigenvalue weighted by Crippen LogP contribution is -2.31. The van der Waals surface area contributed by atoms with Crippen molar-refractivity contribution in [3.63, 3.8) is 0 Å². The van der Waals surface area contributed by atoms with Crippen LogP contribution in [0.2, 0.25) is 0 Å². The molecule has 0 radical (unpaired) electrons. The lowest BCUT2D eigenvalue weighted by atomic mass is 10.0. The van der Waals surface area contributed by atoms with Crippen molar-refractivity contribution < 1.29 is 24.1 Å². The van der Waals surface area contributed by atoms with Crippen molar-refractivity contribution in [2.45, 2.75) is 49.8 Å². The normalized spacial score (nSPS) is 28.4. The van der Waals surface area contributed by atoms with Gasteiger partial charge in [-0.25, -0.2) is 19.3 Å². The average molecular weight is 429 g/mol. The van der Waals surface area contributed by atoms with Crippen molar-refractivity contribution in [2.75, 3.05) is 18.5 Å². The van der Waals surface area contributed by atoms with E-state index < -0.39 is 24.5 Å². The lowest BCUT2D eigenvalue weighted by Gasteiger charge is -2.17. The maximum Gasteiger partial charge on any atom is 0.167 e. The number of rotatable bonds is 6.